The molecule has 0 bridgehead atoms. The van der Waals surface area contributed by atoms with Crippen LogP contribution in [0.1, 0.15) is 29.3 Å². The number of aryl methyl sites for hydroxylation is 1. The molecule has 2 unspecified atom stereocenters. The average molecular weight is 324 g/mol. The number of benzene rings is 1. The Labute approximate surface area is 131 Å². The number of carbonyl (C=O) groups is 2. The number of piperidine rings is 1. The highest BCUT2D eigenvalue weighted by molar-refractivity contribution is 5.99. The smallest absolute Gasteiger partial charge is 0.308 e. The van der Waals surface area contributed by atoms with Crippen molar-refractivity contribution in [2.45, 2.75) is 20.3 Å². The van der Waals surface area contributed by atoms with Gasteiger partial charge in [0.1, 0.15) is 11.4 Å². The first-order chi connectivity index (χ1) is 10.7. The number of hydrogen-bond acceptors (Lipinski definition) is 4. The molecule has 0 aromatic heterocycles. The molecule has 0 spiro atoms. The molecule has 0 radical (unpaired) electrons. The number of carbonyl (C=O) groups excluding carboxylic acids is 1. The van der Waals surface area contributed by atoms with Crippen molar-refractivity contribution in [1.82, 2.24) is 4.90 Å². The van der Waals surface area contributed by atoms with Crippen LogP contribution >= 0.6 is 0 Å². The summed E-state index contributed by atoms with van der Waals surface area (Å²) in [5.41, 5.74) is -0.731. The number of carboxylic acids is 1. The lowest BCUT2D eigenvalue weighted by Gasteiger charge is -2.34. The summed E-state index contributed by atoms with van der Waals surface area (Å²) < 4.78 is 13.6. The molecule has 8 heteroatoms. The molecule has 124 valence electrons. The molecular weight excluding hydrogens is 307 g/mol. The number of halogens is 1. The maximum absolute atomic E-state index is 13.6. The Bertz CT molecular complexity index is 676. The molecule has 7 nitrogen and oxygen atoms in total. The highest BCUT2D eigenvalue weighted by atomic mass is 19.1. The number of rotatable bonds is 3. The summed E-state index contributed by atoms with van der Waals surface area (Å²) in [4.78, 5) is 35.5. The van der Waals surface area contributed by atoms with Crippen LogP contribution < -0.4 is 0 Å². The second kappa shape index (κ2) is 6.31. The number of carboxylic acid groups (broad SMARTS) is 1. The van der Waals surface area contributed by atoms with Gasteiger partial charge in [0.15, 0.2) is 0 Å². The van der Waals surface area contributed by atoms with Crippen LogP contribution in [-0.4, -0.2) is 39.9 Å². The van der Waals surface area contributed by atoms with Crippen LogP contribution in [0.3, 0.4) is 0 Å². The molecule has 1 aliphatic heterocycles. The van der Waals surface area contributed by atoms with Crippen molar-refractivity contribution in [3.8, 4) is 0 Å². The Hall–Kier alpha value is -2.51. The second-order valence-corrected chi connectivity index (χ2v) is 5.96. The molecule has 0 saturated carbocycles. The summed E-state index contributed by atoms with van der Waals surface area (Å²) in [6, 6.07) is 1.83. The Morgan fingerprint density at radius 2 is 2.04 bits per heavy atom. The summed E-state index contributed by atoms with van der Waals surface area (Å²) in [6.07, 6.45) is 0.434. The first kappa shape index (κ1) is 16.9. The van der Waals surface area contributed by atoms with E-state index in [1.807, 2.05) is 0 Å². The van der Waals surface area contributed by atoms with E-state index in [1.165, 1.54) is 11.8 Å². The van der Waals surface area contributed by atoms with Crippen LogP contribution in [-0.2, 0) is 4.79 Å². The highest BCUT2D eigenvalue weighted by Crippen LogP contribution is 2.29. The number of nitro benzene ring substituents is 1. The van der Waals surface area contributed by atoms with E-state index in [9.17, 15) is 24.1 Å². The molecule has 1 aliphatic rings. The standard InChI is InChI=1S/C15H17FN2O5/c1-8-3-10(15(20)21)7-17(6-8)14(19)12-5-11(16)4-9(2)13(12)18(22)23/h4-5,8,10H,3,6-7H2,1-2H3,(H,20,21). The van der Waals surface area contributed by atoms with E-state index in [0.29, 0.717) is 6.42 Å². The van der Waals surface area contributed by atoms with Gasteiger partial charge < -0.3 is 10.0 Å². The van der Waals surface area contributed by atoms with Crippen molar-refractivity contribution in [3.63, 3.8) is 0 Å². The normalized spacial score (nSPS) is 21.1. The number of nitro groups is 1. The number of likely N-dealkylation sites (tertiary alicyclic amines) is 1. The zero-order valence-corrected chi connectivity index (χ0v) is 12.8. The molecule has 1 amide bonds. The van der Waals surface area contributed by atoms with Gasteiger partial charge in [-0.3, -0.25) is 19.7 Å². The van der Waals surface area contributed by atoms with E-state index in [-0.39, 0.29) is 30.1 Å². The largest absolute Gasteiger partial charge is 0.481 e. The van der Waals surface area contributed by atoms with Crippen molar-refractivity contribution in [2.24, 2.45) is 11.8 Å². The van der Waals surface area contributed by atoms with Gasteiger partial charge in [0.05, 0.1) is 10.8 Å². The monoisotopic (exact) mass is 324 g/mol. The summed E-state index contributed by atoms with van der Waals surface area (Å²) in [7, 11) is 0. The van der Waals surface area contributed by atoms with Crippen LogP contribution in [0.15, 0.2) is 12.1 Å². The van der Waals surface area contributed by atoms with Gasteiger partial charge >= 0.3 is 5.97 Å². The van der Waals surface area contributed by atoms with Gasteiger partial charge in [-0.15, -0.1) is 0 Å². The molecule has 2 atom stereocenters. The van der Waals surface area contributed by atoms with E-state index in [0.717, 1.165) is 12.1 Å². The molecule has 1 saturated heterocycles. The lowest BCUT2D eigenvalue weighted by Crippen LogP contribution is -2.45. The molecule has 0 aliphatic carbocycles. The van der Waals surface area contributed by atoms with Gasteiger partial charge in [0.25, 0.3) is 11.6 Å². The van der Waals surface area contributed by atoms with Crippen molar-refractivity contribution in [1.29, 1.82) is 0 Å². The van der Waals surface area contributed by atoms with E-state index >= 15 is 0 Å². The first-order valence-electron chi connectivity index (χ1n) is 7.17. The van der Waals surface area contributed by atoms with Crippen molar-refractivity contribution < 1.29 is 24.0 Å². The third-order valence-corrected chi connectivity index (χ3v) is 3.97. The topological polar surface area (TPSA) is 101 Å². The predicted octanol–water partition coefficient (Wildman–Crippen LogP) is 2.23. The number of hydrogen-bond donors (Lipinski definition) is 1. The minimum Gasteiger partial charge on any atom is -0.481 e. The van der Waals surface area contributed by atoms with Gasteiger partial charge in [-0.05, 0) is 31.4 Å². The second-order valence-electron chi connectivity index (χ2n) is 5.96. The highest BCUT2D eigenvalue weighted by Gasteiger charge is 2.35. The molecule has 1 heterocycles. The SMILES string of the molecule is Cc1cc(F)cc(C(=O)N2CC(C)CC(C(=O)O)C2)c1[N+](=O)[O-]. The van der Waals surface area contributed by atoms with Gasteiger partial charge in [-0.1, -0.05) is 6.92 Å². The van der Waals surface area contributed by atoms with Crippen LogP contribution in [0.2, 0.25) is 0 Å². The number of nitrogens with zero attached hydrogens (tertiary/aromatic N) is 2. The van der Waals surface area contributed by atoms with Crippen LogP contribution in [0.4, 0.5) is 10.1 Å². The Kier molecular flexibility index (Phi) is 4.63. The minimum absolute atomic E-state index is 0.0365. The third-order valence-electron chi connectivity index (χ3n) is 3.97. The Balaban J connectivity index is 2.40. The quantitative estimate of drug-likeness (QED) is 0.678. The maximum atomic E-state index is 13.6. The average Bonchev–Trinajstić information content (AvgIpc) is 2.44. The predicted molar refractivity (Wildman–Crippen MR) is 78.6 cm³/mol. The minimum atomic E-state index is -1.01. The van der Waals surface area contributed by atoms with Crippen molar-refractivity contribution in [3.05, 3.63) is 39.2 Å². The first-order valence-corrected chi connectivity index (χ1v) is 7.17. The zero-order valence-electron chi connectivity index (χ0n) is 12.8. The summed E-state index contributed by atoms with van der Waals surface area (Å²) in [5, 5.41) is 20.3. The lowest BCUT2D eigenvalue weighted by molar-refractivity contribution is -0.385. The van der Waals surface area contributed by atoms with Gasteiger partial charge in [0.2, 0.25) is 0 Å². The van der Waals surface area contributed by atoms with Crippen LogP contribution in [0.5, 0.6) is 0 Å². The van der Waals surface area contributed by atoms with Crippen molar-refractivity contribution >= 4 is 17.6 Å². The fourth-order valence-corrected chi connectivity index (χ4v) is 3.01. The zero-order chi connectivity index (χ0) is 17.3. The molecule has 23 heavy (non-hydrogen) atoms. The lowest BCUT2D eigenvalue weighted by atomic mass is 9.90. The summed E-state index contributed by atoms with van der Waals surface area (Å²) >= 11 is 0. The Morgan fingerprint density at radius 3 is 2.61 bits per heavy atom. The fourth-order valence-electron chi connectivity index (χ4n) is 3.01. The summed E-state index contributed by atoms with van der Waals surface area (Å²) in [6.45, 7) is 3.41. The fraction of sp³-hybridized carbons (Fsp3) is 0.467. The summed E-state index contributed by atoms with van der Waals surface area (Å²) in [5.74, 6) is -3.24. The number of amides is 1. The van der Waals surface area contributed by atoms with E-state index in [1.54, 1.807) is 6.92 Å². The van der Waals surface area contributed by atoms with E-state index in [4.69, 9.17) is 5.11 Å². The molecule has 1 aromatic rings. The van der Waals surface area contributed by atoms with Gasteiger partial charge in [-0.25, -0.2) is 4.39 Å². The molecule has 1 fully saturated rings. The molecule has 2 rings (SSSR count). The Morgan fingerprint density at radius 1 is 1.39 bits per heavy atom. The maximum Gasteiger partial charge on any atom is 0.308 e. The van der Waals surface area contributed by atoms with E-state index in [2.05, 4.69) is 0 Å². The number of aliphatic carboxylic acids is 1. The van der Waals surface area contributed by atoms with Gasteiger partial charge in [0, 0.05) is 18.7 Å². The van der Waals surface area contributed by atoms with Crippen molar-refractivity contribution in [2.75, 3.05) is 13.1 Å². The molecule has 1 aromatic carbocycles. The van der Waals surface area contributed by atoms with Crippen LogP contribution in [0, 0.1) is 34.7 Å². The van der Waals surface area contributed by atoms with Gasteiger partial charge in [-0.2, -0.15) is 0 Å². The molecule has 1 N–H and O–H groups in total. The van der Waals surface area contributed by atoms with E-state index < -0.39 is 34.2 Å². The third kappa shape index (κ3) is 3.46. The van der Waals surface area contributed by atoms with Crippen LogP contribution in [0.25, 0.3) is 0 Å². The molecular formula is C15H17FN2O5.